The number of nitrogens with zero attached hydrogens (tertiary/aromatic N) is 2. The lowest BCUT2D eigenvalue weighted by Gasteiger charge is -2.13. The van der Waals surface area contributed by atoms with E-state index in [0.717, 1.165) is 20.6 Å². The molecule has 0 unspecified atom stereocenters. The van der Waals surface area contributed by atoms with Crippen molar-refractivity contribution in [1.29, 1.82) is 0 Å². The van der Waals surface area contributed by atoms with Crippen molar-refractivity contribution >= 4 is 58.6 Å². The topological polar surface area (TPSA) is 54.5 Å². The predicted molar refractivity (Wildman–Crippen MR) is 101 cm³/mol. The number of aromatic nitrogens is 1. The van der Waals surface area contributed by atoms with E-state index in [0.29, 0.717) is 18.1 Å². The van der Waals surface area contributed by atoms with Crippen LogP contribution in [0.4, 0.5) is 4.79 Å². The van der Waals surface area contributed by atoms with Gasteiger partial charge in [0.15, 0.2) is 4.34 Å². The third-order valence-electron chi connectivity index (χ3n) is 3.25. The number of allylic oxidation sites excluding steroid dienone is 1. The van der Waals surface area contributed by atoms with Gasteiger partial charge >= 0.3 is 6.09 Å². The summed E-state index contributed by atoms with van der Waals surface area (Å²) in [7, 11) is 0. The molecule has 1 amide bonds. The minimum Gasteiger partial charge on any atom is -0.442 e. The first-order chi connectivity index (χ1) is 10.9. The van der Waals surface area contributed by atoms with Crippen molar-refractivity contribution in [2.45, 2.75) is 24.3 Å². The van der Waals surface area contributed by atoms with E-state index in [4.69, 9.17) is 17.0 Å². The first-order valence-electron chi connectivity index (χ1n) is 7.02. The van der Waals surface area contributed by atoms with Crippen molar-refractivity contribution < 1.29 is 9.53 Å². The van der Waals surface area contributed by atoms with Gasteiger partial charge in [-0.1, -0.05) is 30.6 Å². The van der Waals surface area contributed by atoms with Gasteiger partial charge < -0.3 is 10.1 Å². The van der Waals surface area contributed by atoms with Crippen molar-refractivity contribution in [2.75, 3.05) is 19.3 Å². The second kappa shape index (κ2) is 7.94. The molecule has 0 saturated carbocycles. The summed E-state index contributed by atoms with van der Waals surface area (Å²) in [6, 6.07) is 0. The number of cyclic esters (lactones) is 1. The fraction of sp³-hybridized carbons (Fsp3) is 0.400. The van der Waals surface area contributed by atoms with Crippen LogP contribution in [-0.2, 0) is 4.74 Å². The third-order valence-corrected chi connectivity index (χ3v) is 5.40. The average Bonchev–Trinajstić information content (AvgIpc) is 3.08. The minimum atomic E-state index is -0.331. The highest BCUT2D eigenvalue weighted by Gasteiger charge is 2.32. The van der Waals surface area contributed by atoms with Gasteiger partial charge in [0.1, 0.15) is 6.10 Å². The minimum absolute atomic E-state index is 0.203. The Hall–Kier alpha value is -1.38. The van der Waals surface area contributed by atoms with Gasteiger partial charge in [-0.3, -0.25) is 4.90 Å². The van der Waals surface area contributed by atoms with Crippen molar-refractivity contribution in [3.05, 3.63) is 22.8 Å². The van der Waals surface area contributed by atoms with Crippen LogP contribution < -0.4 is 5.32 Å². The Kier molecular flexibility index (Phi) is 6.20. The summed E-state index contributed by atoms with van der Waals surface area (Å²) < 4.78 is 6.33. The molecule has 5 nitrogen and oxygen atoms in total. The number of hydrogen-bond donors (Lipinski definition) is 1. The van der Waals surface area contributed by atoms with Gasteiger partial charge in [0.25, 0.3) is 0 Å². The zero-order valence-electron chi connectivity index (χ0n) is 13.3. The molecule has 124 valence electrons. The fourth-order valence-corrected chi connectivity index (χ4v) is 3.77. The van der Waals surface area contributed by atoms with E-state index in [2.05, 4.69) is 16.9 Å². The molecule has 1 aromatic heterocycles. The number of amides is 1. The smallest absolute Gasteiger partial charge is 0.414 e. The van der Waals surface area contributed by atoms with Crippen molar-refractivity contribution in [2.24, 2.45) is 0 Å². The largest absolute Gasteiger partial charge is 0.442 e. The molecule has 2 heterocycles. The molecular formula is C15H19N3O2S3. The van der Waals surface area contributed by atoms with E-state index in [1.54, 1.807) is 41.0 Å². The Morgan fingerprint density at radius 2 is 2.39 bits per heavy atom. The molecule has 0 bridgehead atoms. The van der Waals surface area contributed by atoms with Crippen LogP contribution in [0.2, 0.25) is 0 Å². The Balaban J connectivity index is 2.11. The van der Waals surface area contributed by atoms with Crippen LogP contribution in [0.15, 0.2) is 16.6 Å². The van der Waals surface area contributed by atoms with Gasteiger partial charge in [-0.2, -0.15) is 0 Å². The Morgan fingerprint density at radius 3 is 3.00 bits per heavy atom. The number of carbonyl (C=O) groups excluding carboxylic acids is 1. The fourth-order valence-electron chi connectivity index (χ4n) is 2.10. The highest BCUT2D eigenvalue weighted by molar-refractivity contribution is 8.00. The molecule has 1 aliphatic heterocycles. The zero-order chi connectivity index (χ0) is 17.0. The summed E-state index contributed by atoms with van der Waals surface area (Å²) in [5, 5.41) is 3.03. The summed E-state index contributed by atoms with van der Waals surface area (Å²) in [6.45, 7) is 8.53. The van der Waals surface area contributed by atoms with E-state index < -0.39 is 0 Å². The van der Waals surface area contributed by atoms with Gasteiger partial charge in [0, 0.05) is 5.70 Å². The molecule has 1 aromatic rings. The van der Waals surface area contributed by atoms with Crippen LogP contribution in [-0.4, -0.2) is 46.4 Å². The molecule has 0 spiro atoms. The molecule has 8 heteroatoms. The average molecular weight is 370 g/mol. The maximum Gasteiger partial charge on any atom is 0.414 e. The second-order valence-corrected chi connectivity index (χ2v) is 7.67. The van der Waals surface area contributed by atoms with Gasteiger partial charge in [-0.25, -0.2) is 9.78 Å². The number of carbonyl (C=O) groups is 1. The molecule has 0 radical (unpaired) electrons. The van der Waals surface area contributed by atoms with Gasteiger partial charge in [-0.05, 0) is 32.3 Å². The maximum atomic E-state index is 12.0. The SMILES string of the molecule is C=Cc1nc(SC)sc1/C=C(\C)N1C[C@H](CNC(C)=S)OC1=O. The summed E-state index contributed by atoms with van der Waals surface area (Å²) in [6.07, 6.45) is 5.13. The van der Waals surface area contributed by atoms with Crippen LogP contribution in [0.1, 0.15) is 24.4 Å². The molecule has 2 rings (SSSR count). The first kappa shape index (κ1) is 18.0. The standard InChI is InChI=1S/C15H19N3O2S3/c1-5-12-13(23-14(17-12)22-4)6-9(2)18-8-11(20-15(18)19)7-16-10(3)21/h5-6,11H,1,7-8H2,2-4H3,(H,16,21)/b9-6+/t11-/m0/s1. The number of hydrogen-bond acceptors (Lipinski definition) is 6. The summed E-state index contributed by atoms with van der Waals surface area (Å²) >= 11 is 8.15. The molecule has 1 saturated heterocycles. The lowest BCUT2D eigenvalue weighted by Crippen LogP contribution is -2.32. The van der Waals surface area contributed by atoms with Crippen LogP contribution in [0, 0.1) is 0 Å². The quantitative estimate of drug-likeness (QED) is 0.610. The van der Waals surface area contributed by atoms with Crippen LogP contribution in [0.5, 0.6) is 0 Å². The zero-order valence-corrected chi connectivity index (χ0v) is 15.7. The number of thiazole rings is 1. The van der Waals surface area contributed by atoms with Crippen molar-refractivity contribution in [3.63, 3.8) is 0 Å². The Morgan fingerprint density at radius 1 is 1.65 bits per heavy atom. The summed E-state index contributed by atoms with van der Waals surface area (Å²) in [4.78, 5) is 19.8. The lowest BCUT2D eigenvalue weighted by molar-refractivity contribution is 0.136. The highest BCUT2D eigenvalue weighted by atomic mass is 32.2. The highest BCUT2D eigenvalue weighted by Crippen LogP contribution is 2.29. The molecule has 1 aliphatic rings. The number of thiocarbonyl (C=S) groups is 1. The van der Waals surface area contributed by atoms with Crippen LogP contribution in [0.25, 0.3) is 12.2 Å². The Labute approximate surface area is 149 Å². The normalized spacial score (nSPS) is 18.0. The lowest BCUT2D eigenvalue weighted by atomic mass is 10.2. The van der Waals surface area contributed by atoms with E-state index in [1.165, 1.54) is 0 Å². The summed E-state index contributed by atoms with van der Waals surface area (Å²) in [5.74, 6) is 0. The van der Waals surface area contributed by atoms with E-state index in [1.807, 2.05) is 19.3 Å². The van der Waals surface area contributed by atoms with Crippen molar-refractivity contribution in [1.82, 2.24) is 15.2 Å². The van der Waals surface area contributed by atoms with Gasteiger partial charge in [-0.15, -0.1) is 11.3 Å². The number of thioether (sulfide) groups is 1. The van der Waals surface area contributed by atoms with Gasteiger partial charge in [0.2, 0.25) is 0 Å². The van der Waals surface area contributed by atoms with Crippen molar-refractivity contribution in [3.8, 4) is 0 Å². The Bertz CT molecular complexity index is 654. The predicted octanol–water partition coefficient (Wildman–Crippen LogP) is 3.63. The number of nitrogens with one attached hydrogen (secondary N) is 1. The van der Waals surface area contributed by atoms with Gasteiger partial charge in [0.05, 0.1) is 28.6 Å². The molecule has 1 atom stereocenters. The molecule has 0 aliphatic carbocycles. The number of rotatable bonds is 6. The van der Waals surface area contributed by atoms with Crippen LogP contribution in [0.3, 0.4) is 0 Å². The monoisotopic (exact) mass is 369 g/mol. The van der Waals surface area contributed by atoms with E-state index in [-0.39, 0.29) is 12.2 Å². The molecule has 23 heavy (non-hydrogen) atoms. The number of ether oxygens (including phenoxy) is 1. The molecule has 1 N–H and O–H groups in total. The molecule has 1 fully saturated rings. The molecular weight excluding hydrogens is 350 g/mol. The molecule has 0 aromatic carbocycles. The van der Waals surface area contributed by atoms with E-state index in [9.17, 15) is 4.79 Å². The van der Waals surface area contributed by atoms with Crippen LogP contribution >= 0.6 is 35.3 Å². The maximum absolute atomic E-state index is 12.0. The first-order valence-corrected chi connectivity index (χ1v) is 9.47. The second-order valence-electron chi connectivity index (χ2n) is 4.98. The summed E-state index contributed by atoms with van der Waals surface area (Å²) in [5.41, 5.74) is 1.66. The van der Waals surface area contributed by atoms with E-state index >= 15 is 0 Å². The third kappa shape index (κ3) is 4.55.